The average Bonchev–Trinajstić information content (AvgIpc) is 1.86. The number of pyridine rings is 1. The van der Waals surface area contributed by atoms with E-state index in [0.717, 1.165) is 18.3 Å². The first-order valence-electron chi connectivity index (χ1n) is 2.62. The molecule has 1 aromatic rings. The monoisotopic (exact) mass is 175 g/mol. The van der Waals surface area contributed by atoms with Crippen molar-refractivity contribution in [3.8, 4) is 5.75 Å². The van der Waals surface area contributed by atoms with Crippen LogP contribution in [-0.4, -0.2) is 23.1 Å². The molecule has 0 atom stereocenters. The van der Waals surface area contributed by atoms with E-state index in [1.54, 1.807) is 0 Å². The van der Waals surface area contributed by atoms with Crippen LogP contribution in [0.15, 0.2) is 23.4 Å². The third kappa shape index (κ3) is 1.89. The van der Waals surface area contributed by atoms with E-state index in [1.807, 2.05) is 0 Å². The van der Waals surface area contributed by atoms with Gasteiger partial charge in [0, 0.05) is 0 Å². The molecule has 2 N–H and O–H groups in total. The van der Waals surface area contributed by atoms with Crippen LogP contribution in [0.25, 0.3) is 0 Å². The van der Waals surface area contributed by atoms with Crippen molar-refractivity contribution in [1.29, 1.82) is 0 Å². The van der Waals surface area contributed by atoms with Gasteiger partial charge in [0.1, 0.15) is 5.75 Å². The van der Waals surface area contributed by atoms with Gasteiger partial charge >= 0.3 is 10.1 Å². The maximum atomic E-state index is 10.4. The lowest BCUT2D eigenvalue weighted by Gasteiger charge is -1.93. The van der Waals surface area contributed by atoms with Gasteiger partial charge in [-0.3, -0.25) is 4.55 Å². The summed E-state index contributed by atoms with van der Waals surface area (Å²) in [6.45, 7) is 0. The minimum atomic E-state index is -4.24. The van der Waals surface area contributed by atoms with Crippen molar-refractivity contribution < 1.29 is 18.1 Å². The summed E-state index contributed by atoms with van der Waals surface area (Å²) < 4.78 is 29.1. The molecule has 1 aromatic heterocycles. The number of hydrogen-bond donors (Lipinski definition) is 2. The molecule has 0 aromatic carbocycles. The normalized spacial score (nSPS) is 11.4. The highest BCUT2D eigenvalue weighted by Crippen LogP contribution is 2.09. The van der Waals surface area contributed by atoms with Crippen LogP contribution >= 0.6 is 0 Å². The molecule has 5 nitrogen and oxygen atoms in total. The van der Waals surface area contributed by atoms with Gasteiger partial charge in [0.25, 0.3) is 0 Å². The van der Waals surface area contributed by atoms with Gasteiger partial charge in [-0.15, -0.1) is 0 Å². The molecule has 0 aliphatic carbocycles. The molecular weight excluding hydrogens is 170 g/mol. The Bertz CT molecular complexity index is 341. The lowest BCUT2D eigenvalue weighted by atomic mass is 10.5. The summed E-state index contributed by atoms with van der Waals surface area (Å²) in [4.78, 5) is 3.26. The van der Waals surface area contributed by atoms with E-state index >= 15 is 0 Å². The Balaban J connectivity index is 3.20. The van der Waals surface area contributed by atoms with Crippen LogP contribution in [0.4, 0.5) is 0 Å². The van der Waals surface area contributed by atoms with Gasteiger partial charge in [-0.05, 0) is 12.1 Å². The van der Waals surface area contributed by atoms with Crippen LogP contribution in [0.1, 0.15) is 0 Å². The molecule has 60 valence electrons. The molecule has 11 heavy (non-hydrogen) atoms. The largest absolute Gasteiger partial charge is 0.506 e. The Hall–Kier alpha value is -1.14. The summed E-state index contributed by atoms with van der Waals surface area (Å²) in [6, 6.07) is 2.13. The summed E-state index contributed by atoms with van der Waals surface area (Å²) in [5, 5.41) is 8.21. The molecular formula is C5H5NO4S. The molecule has 1 rings (SSSR count). The van der Waals surface area contributed by atoms with E-state index < -0.39 is 15.1 Å². The summed E-state index contributed by atoms with van der Waals surface area (Å²) in [6.07, 6.45) is 0.934. The van der Waals surface area contributed by atoms with Crippen LogP contribution in [0.5, 0.6) is 5.75 Å². The lowest BCUT2D eigenvalue weighted by Crippen LogP contribution is -1.99. The SMILES string of the molecule is O=S(=O)(O)c1ccc(O)cn1. The Morgan fingerprint density at radius 2 is 2.00 bits per heavy atom. The standard InChI is InChI=1S/C5H5NO4S/c7-4-1-2-5(6-3-4)11(8,9)10/h1-3,7H,(H,8,9,10). The first-order valence-corrected chi connectivity index (χ1v) is 4.06. The third-order valence-corrected chi connectivity index (χ3v) is 1.76. The average molecular weight is 175 g/mol. The van der Waals surface area contributed by atoms with Gasteiger partial charge in [0.15, 0.2) is 5.03 Å². The van der Waals surface area contributed by atoms with Gasteiger partial charge < -0.3 is 5.11 Å². The van der Waals surface area contributed by atoms with E-state index in [1.165, 1.54) is 0 Å². The van der Waals surface area contributed by atoms with Crippen LogP contribution in [0.3, 0.4) is 0 Å². The molecule has 0 unspecified atom stereocenters. The van der Waals surface area contributed by atoms with Crippen LogP contribution in [0.2, 0.25) is 0 Å². The lowest BCUT2D eigenvalue weighted by molar-refractivity contribution is 0.466. The van der Waals surface area contributed by atoms with E-state index in [0.29, 0.717) is 0 Å². The minimum absolute atomic E-state index is 0.155. The number of rotatable bonds is 1. The molecule has 0 radical (unpaired) electrons. The van der Waals surface area contributed by atoms with Crippen LogP contribution in [-0.2, 0) is 10.1 Å². The van der Waals surface area contributed by atoms with Crippen molar-refractivity contribution in [3.05, 3.63) is 18.3 Å². The summed E-state index contributed by atoms with van der Waals surface area (Å²) in [5.41, 5.74) is 0. The van der Waals surface area contributed by atoms with Gasteiger partial charge in [0.05, 0.1) is 6.20 Å². The maximum absolute atomic E-state index is 10.4. The topological polar surface area (TPSA) is 87.5 Å². The van der Waals surface area contributed by atoms with Crippen molar-refractivity contribution in [2.45, 2.75) is 5.03 Å². The summed E-state index contributed by atoms with van der Waals surface area (Å²) in [7, 11) is -4.24. The number of nitrogens with zero attached hydrogens (tertiary/aromatic N) is 1. The fourth-order valence-corrected chi connectivity index (χ4v) is 0.951. The molecule has 0 aliphatic heterocycles. The van der Waals surface area contributed by atoms with Gasteiger partial charge in [-0.2, -0.15) is 8.42 Å². The molecule has 0 bridgehead atoms. The smallest absolute Gasteiger partial charge is 0.312 e. The Kier molecular flexibility index (Phi) is 1.79. The zero-order valence-corrected chi connectivity index (χ0v) is 6.11. The number of hydrogen-bond acceptors (Lipinski definition) is 4. The maximum Gasteiger partial charge on any atom is 0.312 e. The van der Waals surface area contributed by atoms with E-state index in [4.69, 9.17) is 9.66 Å². The Morgan fingerprint density at radius 3 is 2.36 bits per heavy atom. The summed E-state index contributed by atoms with van der Waals surface area (Å²) in [5.74, 6) is -0.155. The van der Waals surface area contributed by atoms with Gasteiger partial charge in [0.2, 0.25) is 0 Å². The first kappa shape index (κ1) is 7.96. The van der Waals surface area contributed by atoms with Crippen molar-refractivity contribution in [1.82, 2.24) is 4.98 Å². The number of aromatic nitrogens is 1. The quantitative estimate of drug-likeness (QED) is 0.588. The highest BCUT2D eigenvalue weighted by atomic mass is 32.2. The Morgan fingerprint density at radius 1 is 1.36 bits per heavy atom. The fraction of sp³-hybridized carbons (Fsp3) is 0. The predicted molar refractivity (Wildman–Crippen MR) is 35.7 cm³/mol. The molecule has 0 aliphatic rings. The highest BCUT2D eigenvalue weighted by molar-refractivity contribution is 7.85. The molecule has 0 amide bonds. The second-order valence-corrected chi connectivity index (χ2v) is 3.20. The van der Waals surface area contributed by atoms with Gasteiger partial charge in [-0.25, -0.2) is 4.98 Å². The van der Waals surface area contributed by atoms with E-state index in [2.05, 4.69) is 4.98 Å². The predicted octanol–water partition coefficient (Wildman–Crippen LogP) is 0.0339. The zero-order chi connectivity index (χ0) is 8.48. The second kappa shape index (κ2) is 2.48. The second-order valence-electron chi connectivity index (χ2n) is 1.83. The molecule has 0 spiro atoms. The molecule has 1 heterocycles. The fourth-order valence-electron chi connectivity index (χ4n) is 0.525. The first-order chi connectivity index (χ1) is 5.00. The molecule has 0 saturated carbocycles. The highest BCUT2D eigenvalue weighted by Gasteiger charge is 2.09. The van der Waals surface area contributed by atoms with E-state index in [9.17, 15) is 8.42 Å². The van der Waals surface area contributed by atoms with Crippen LogP contribution in [0, 0.1) is 0 Å². The minimum Gasteiger partial charge on any atom is -0.506 e. The zero-order valence-electron chi connectivity index (χ0n) is 5.30. The van der Waals surface area contributed by atoms with Crippen molar-refractivity contribution in [2.75, 3.05) is 0 Å². The molecule has 0 fully saturated rings. The van der Waals surface area contributed by atoms with Gasteiger partial charge in [-0.1, -0.05) is 0 Å². The van der Waals surface area contributed by atoms with Crippen molar-refractivity contribution >= 4 is 10.1 Å². The summed E-state index contributed by atoms with van der Waals surface area (Å²) >= 11 is 0. The van der Waals surface area contributed by atoms with Crippen molar-refractivity contribution in [3.63, 3.8) is 0 Å². The van der Waals surface area contributed by atoms with Crippen LogP contribution < -0.4 is 0 Å². The van der Waals surface area contributed by atoms with E-state index in [-0.39, 0.29) is 5.75 Å². The third-order valence-electron chi connectivity index (χ3n) is 0.985. The molecule has 0 saturated heterocycles. The Labute approximate surface area is 63.1 Å². The molecule has 6 heteroatoms. The number of aromatic hydroxyl groups is 1. The van der Waals surface area contributed by atoms with Crippen molar-refractivity contribution in [2.24, 2.45) is 0 Å².